The van der Waals surface area contributed by atoms with Gasteiger partial charge < -0.3 is 4.74 Å². The molecule has 6 heteroatoms. The summed E-state index contributed by atoms with van der Waals surface area (Å²) in [5.41, 5.74) is 0. The molecule has 4 nitrogen and oxygen atoms in total. The molecule has 1 atom stereocenters. The van der Waals surface area contributed by atoms with Crippen LogP contribution in [0.15, 0.2) is 0 Å². The Morgan fingerprint density at radius 2 is 1.93 bits per heavy atom. The number of hydrogen-bond acceptors (Lipinski definition) is 3. The molecule has 0 aliphatic carbocycles. The molecular weight excluding hydrogens is 238 g/mol. The molecule has 15 heavy (non-hydrogen) atoms. The highest BCUT2D eigenvalue weighted by molar-refractivity contribution is 7.90. The van der Waals surface area contributed by atoms with Crippen LogP contribution >= 0.6 is 11.6 Å². The first-order valence-electron chi connectivity index (χ1n) is 4.81. The average Bonchev–Trinajstić information content (AvgIpc) is 2.02. The minimum Gasteiger partial charge on any atom is -0.383 e. The van der Waals surface area contributed by atoms with E-state index in [9.17, 15) is 8.42 Å². The summed E-state index contributed by atoms with van der Waals surface area (Å²) < 4.78 is 30.3. The summed E-state index contributed by atoms with van der Waals surface area (Å²) >= 11 is 5.58. The number of methoxy groups -OCH3 is 1. The van der Waals surface area contributed by atoms with Crippen LogP contribution in [-0.2, 0) is 14.8 Å². The van der Waals surface area contributed by atoms with Crippen molar-refractivity contribution in [3.63, 3.8) is 0 Å². The van der Waals surface area contributed by atoms with Gasteiger partial charge in [-0.2, -0.15) is 0 Å². The van der Waals surface area contributed by atoms with Gasteiger partial charge in [-0.05, 0) is 27.2 Å². The van der Waals surface area contributed by atoms with Crippen molar-refractivity contribution in [3.05, 3.63) is 0 Å². The molecule has 0 bridgehead atoms. The van der Waals surface area contributed by atoms with E-state index < -0.39 is 14.8 Å². The number of ether oxygens (including phenoxy) is 1. The highest BCUT2D eigenvalue weighted by Crippen LogP contribution is 2.14. The summed E-state index contributed by atoms with van der Waals surface area (Å²) in [5, 5.41) is 0. The zero-order chi connectivity index (χ0) is 12.1. The van der Waals surface area contributed by atoms with Crippen molar-refractivity contribution in [1.29, 1.82) is 0 Å². The van der Waals surface area contributed by atoms with Gasteiger partial charge in [-0.15, -0.1) is 11.6 Å². The fourth-order valence-electron chi connectivity index (χ4n) is 0.905. The molecule has 0 heterocycles. The SMILES string of the molecule is COCC(CCCl)NS(=O)(=O)C(C)(C)C. The number of halogens is 1. The molecule has 0 aromatic heterocycles. The van der Waals surface area contributed by atoms with Gasteiger partial charge in [-0.1, -0.05) is 0 Å². The fraction of sp³-hybridized carbons (Fsp3) is 1.00. The average molecular weight is 258 g/mol. The van der Waals surface area contributed by atoms with E-state index in [1.807, 2.05) is 0 Å². The molecule has 0 amide bonds. The third kappa shape index (κ3) is 5.15. The Kier molecular flexibility index (Phi) is 6.10. The number of nitrogens with one attached hydrogen (secondary N) is 1. The Bertz CT molecular complexity index is 266. The van der Waals surface area contributed by atoms with Crippen molar-refractivity contribution < 1.29 is 13.2 Å². The number of alkyl halides is 1. The summed E-state index contributed by atoms with van der Waals surface area (Å²) in [6, 6.07) is -0.253. The van der Waals surface area contributed by atoms with E-state index in [0.717, 1.165) is 0 Å². The lowest BCUT2D eigenvalue weighted by atomic mass is 10.2. The summed E-state index contributed by atoms with van der Waals surface area (Å²) in [7, 11) is -1.80. The van der Waals surface area contributed by atoms with E-state index in [1.165, 1.54) is 7.11 Å². The second-order valence-corrected chi connectivity index (χ2v) is 7.21. The van der Waals surface area contributed by atoms with Gasteiger partial charge in [0.25, 0.3) is 0 Å². The third-order valence-electron chi connectivity index (χ3n) is 1.95. The van der Waals surface area contributed by atoms with Gasteiger partial charge in [0, 0.05) is 19.0 Å². The van der Waals surface area contributed by atoms with Crippen LogP contribution in [0.2, 0.25) is 0 Å². The van der Waals surface area contributed by atoms with E-state index in [0.29, 0.717) is 18.9 Å². The lowest BCUT2D eigenvalue weighted by Crippen LogP contribution is -2.46. The molecule has 0 radical (unpaired) electrons. The highest BCUT2D eigenvalue weighted by atomic mass is 35.5. The van der Waals surface area contributed by atoms with Gasteiger partial charge in [-0.25, -0.2) is 13.1 Å². The summed E-state index contributed by atoms with van der Waals surface area (Å²) in [4.78, 5) is 0. The van der Waals surface area contributed by atoms with Crippen LogP contribution in [0.25, 0.3) is 0 Å². The largest absolute Gasteiger partial charge is 0.383 e. The summed E-state index contributed by atoms with van der Waals surface area (Å²) in [5.74, 6) is 0.403. The molecule has 1 N–H and O–H groups in total. The number of hydrogen-bond donors (Lipinski definition) is 1. The molecule has 0 spiro atoms. The highest BCUT2D eigenvalue weighted by Gasteiger charge is 2.30. The van der Waals surface area contributed by atoms with Crippen molar-refractivity contribution in [2.24, 2.45) is 0 Å². The third-order valence-corrected chi connectivity index (χ3v) is 4.43. The minimum absolute atomic E-state index is 0.253. The Morgan fingerprint density at radius 3 is 2.27 bits per heavy atom. The normalized spacial score (nSPS) is 15.3. The quantitative estimate of drug-likeness (QED) is 0.731. The van der Waals surface area contributed by atoms with Crippen molar-refractivity contribution in [2.45, 2.75) is 38.0 Å². The first kappa shape index (κ1) is 15.2. The predicted molar refractivity (Wildman–Crippen MR) is 62.8 cm³/mol. The van der Waals surface area contributed by atoms with Gasteiger partial charge in [-0.3, -0.25) is 0 Å². The van der Waals surface area contributed by atoms with Crippen LogP contribution in [-0.4, -0.2) is 38.8 Å². The van der Waals surface area contributed by atoms with Gasteiger partial charge in [0.05, 0.1) is 11.4 Å². The molecule has 1 unspecified atom stereocenters. The molecule has 0 aliphatic rings. The molecule has 0 fully saturated rings. The van der Waals surface area contributed by atoms with Crippen LogP contribution in [0.5, 0.6) is 0 Å². The second-order valence-electron chi connectivity index (χ2n) is 4.36. The van der Waals surface area contributed by atoms with Crippen molar-refractivity contribution in [2.75, 3.05) is 19.6 Å². The van der Waals surface area contributed by atoms with E-state index in [1.54, 1.807) is 20.8 Å². The Balaban J connectivity index is 4.53. The zero-order valence-corrected chi connectivity index (χ0v) is 11.3. The molecule has 92 valence electrons. The Morgan fingerprint density at radius 1 is 1.40 bits per heavy atom. The van der Waals surface area contributed by atoms with Crippen LogP contribution in [0, 0.1) is 0 Å². The first-order chi connectivity index (χ1) is 6.74. The van der Waals surface area contributed by atoms with E-state index in [-0.39, 0.29) is 6.04 Å². The summed E-state index contributed by atoms with van der Waals surface area (Å²) in [6.45, 7) is 5.29. The summed E-state index contributed by atoms with van der Waals surface area (Å²) in [6.07, 6.45) is 0.560. The number of rotatable bonds is 6. The van der Waals surface area contributed by atoms with E-state index in [4.69, 9.17) is 16.3 Å². The maximum absolute atomic E-state index is 11.8. The zero-order valence-electron chi connectivity index (χ0n) is 9.71. The van der Waals surface area contributed by atoms with Crippen LogP contribution in [0.4, 0.5) is 0 Å². The standard InChI is InChI=1S/C9H20ClNO3S/c1-9(2,3)15(12,13)11-8(5-6-10)7-14-4/h8,11H,5-7H2,1-4H3. The van der Waals surface area contributed by atoms with Gasteiger partial charge in [0.15, 0.2) is 0 Å². The molecule has 0 rings (SSSR count). The molecule has 0 aliphatic heterocycles. The van der Waals surface area contributed by atoms with Crippen molar-refractivity contribution in [3.8, 4) is 0 Å². The molecule has 0 saturated heterocycles. The second kappa shape index (κ2) is 6.03. The van der Waals surface area contributed by atoms with Crippen LogP contribution < -0.4 is 4.72 Å². The van der Waals surface area contributed by atoms with Gasteiger partial charge in [0.1, 0.15) is 0 Å². The van der Waals surface area contributed by atoms with E-state index >= 15 is 0 Å². The Labute approximate surface area is 97.4 Å². The molecular formula is C9H20ClNO3S. The molecule has 0 saturated carbocycles. The lowest BCUT2D eigenvalue weighted by molar-refractivity contribution is 0.173. The smallest absolute Gasteiger partial charge is 0.216 e. The van der Waals surface area contributed by atoms with Gasteiger partial charge in [0.2, 0.25) is 10.0 Å². The number of sulfonamides is 1. The molecule has 0 aromatic carbocycles. The van der Waals surface area contributed by atoms with E-state index in [2.05, 4.69) is 4.72 Å². The molecule has 0 aromatic rings. The van der Waals surface area contributed by atoms with Crippen molar-refractivity contribution >= 4 is 21.6 Å². The predicted octanol–water partition coefficient (Wildman–Crippen LogP) is 1.35. The Hall–Kier alpha value is 0.160. The van der Waals surface area contributed by atoms with Crippen LogP contribution in [0.3, 0.4) is 0 Å². The minimum atomic E-state index is -3.33. The maximum Gasteiger partial charge on any atom is 0.216 e. The monoisotopic (exact) mass is 257 g/mol. The fourth-order valence-corrected chi connectivity index (χ4v) is 2.15. The van der Waals surface area contributed by atoms with Gasteiger partial charge >= 0.3 is 0 Å². The van der Waals surface area contributed by atoms with Crippen molar-refractivity contribution in [1.82, 2.24) is 4.72 Å². The van der Waals surface area contributed by atoms with Crippen LogP contribution in [0.1, 0.15) is 27.2 Å². The maximum atomic E-state index is 11.8. The topological polar surface area (TPSA) is 55.4 Å². The first-order valence-corrected chi connectivity index (χ1v) is 6.83. The lowest BCUT2D eigenvalue weighted by Gasteiger charge is -2.24.